The molecule has 110 valence electrons. The fraction of sp³-hybridized carbons (Fsp3) is 0.500. The summed E-state index contributed by atoms with van der Waals surface area (Å²) < 4.78 is 1.58. The molecule has 21 heavy (non-hydrogen) atoms. The quantitative estimate of drug-likeness (QED) is 0.922. The first-order chi connectivity index (χ1) is 10.3. The van der Waals surface area contributed by atoms with E-state index in [0.29, 0.717) is 17.8 Å². The number of hydrogen-bond donors (Lipinski definition) is 1. The van der Waals surface area contributed by atoms with Crippen LogP contribution in [0.1, 0.15) is 31.4 Å². The molecule has 1 fully saturated rings. The molecule has 0 amide bonds. The van der Waals surface area contributed by atoms with E-state index in [1.54, 1.807) is 28.4 Å². The highest BCUT2D eigenvalue weighted by molar-refractivity contribution is 8.13. The molecule has 0 radical (unpaired) electrons. The number of aliphatic imine (C=N–C) groups is 1. The number of hydrogen-bond acceptors (Lipinski definition) is 6. The van der Waals surface area contributed by atoms with E-state index in [9.17, 15) is 4.79 Å². The first-order valence-corrected chi connectivity index (χ1v) is 9.09. The number of rotatable bonds is 2. The Morgan fingerprint density at radius 3 is 3.24 bits per heavy atom. The summed E-state index contributed by atoms with van der Waals surface area (Å²) in [6.45, 7) is 0. The van der Waals surface area contributed by atoms with E-state index in [-0.39, 0.29) is 5.56 Å². The van der Waals surface area contributed by atoms with Gasteiger partial charge in [0.1, 0.15) is 0 Å². The summed E-state index contributed by atoms with van der Waals surface area (Å²) in [7, 11) is 0. The van der Waals surface area contributed by atoms with Crippen LogP contribution in [0.2, 0.25) is 0 Å². The lowest BCUT2D eigenvalue weighted by atomic mass is 9.92. The van der Waals surface area contributed by atoms with Gasteiger partial charge in [-0.15, -0.1) is 11.3 Å². The minimum atomic E-state index is -0.00756. The van der Waals surface area contributed by atoms with E-state index in [1.807, 2.05) is 5.38 Å². The van der Waals surface area contributed by atoms with Crippen LogP contribution in [-0.4, -0.2) is 26.6 Å². The summed E-state index contributed by atoms with van der Waals surface area (Å²) in [4.78, 5) is 22.0. The van der Waals surface area contributed by atoms with Gasteiger partial charge < -0.3 is 5.32 Å². The molecular formula is C14H16N4OS2. The van der Waals surface area contributed by atoms with E-state index in [2.05, 4.69) is 10.3 Å². The maximum atomic E-state index is 11.9. The van der Waals surface area contributed by atoms with Gasteiger partial charge in [0.2, 0.25) is 0 Å². The normalized spacial score (nSPS) is 24.7. The molecule has 7 heteroatoms. The zero-order valence-corrected chi connectivity index (χ0v) is 13.1. The number of thiazole rings is 1. The average Bonchev–Trinajstić information content (AvgIpc) is 3.11. The zero-order chi connectivity index (χ0) is 14.2. The lowest BCUT2D eigenvalue weighted by molar-refractivity contribution is 0.385. The Morgan fingerprint density at radius 2 is 2.33 bits per heavy atom. The van der Waals surface area contributed by atoms with Crippen LogP contribution in [0, 0.1) is 0 Å². The Labute approximate surface area is 130 Å². The molecule has 2 aromatic heterocycles. The third-order valence-corrected chi connectivity index (χ3v) is 5.73. The molecule has 0 bridgehead atoms. The SMILES string of the molecule is O=c1cc(CSC2=N[C@H]3CCCC[C@@H]3N2)nc2sccn12. The van der Waals surface area contributed by atoms with Gasteiger partial charge >= 0.3 is 0 Å². The van der Waals surface area contributed by atoms with Crippen molar-refractivity contribution >= 4 is 33.2 Å². The number of nitrogens with zero attached hydrogens (tertiary/aromatic N) is 3. The summed E-state index contributed by atoms with van der Waals surface area (Å²) in [5.74, 6) is 0.689. The van der Waals surface area contributed by atoms with Crippen molar-refractivity contribution in [2.45, 2.75) is 43.5 Å². The van der Waals surface area contributed by atoms with Gasteiger partial charge in [0.25, 0.3) is 5.56 Å². The second kappa shape index (κ2) is 5.46. The predicted molar refractivity (Wildman–Crippen MR) is 87.2 cm³/mol. The summed E-state index contributed by atoms with van der Waals surface area (Å²) in [6.07, 6.45) is 6.77. The van der Waals surface area contributed by atoms with Crippen molar-refractivity contribution in [3.05, 3.63) is 33.7 Å². The number of thioether (sulfide) groups is 1. The largest absolute Gasteiger partial charge is 0.360 e. The standard InChI is InChI=1S/C14H16N4OS2/c19-12-7-9(15-14-18(12)5-6-20-14)8-21-13-16-10-3-1-2-4-11(10)17-13/h5-7,10-11H,1-4,8H2,(H,16,17)/t10-,11-/m0/s1. The van der Waals surface area contributed by atoms with Crippen LogP contribution in [0.4, 0.5) is 0 Å². The highest BCUT2D eigenvalue weighted by atomic mass is 32.2. The molecule has 2 aliphatic rings. The Bertz CT molecular complexity index is 751. The second-order valence-corrected chi connectivity index (χ2v) is 7.30. The second-order valence-electron chi connectivity index (χ2n) is 5.47. The third kappa shape index (κ3) is 2.60. The molecule has 0 unspecified atom stereocenters. The van der Waals surface area contributed by atoms with E-state index in [4.69, 9.17) is 4.99 Å². The van der Waals surface area contributed by atoms with Crippen molar-refractivity contribution < 1.29 is 0 Å². The van der Waals surface area contributed by atoms with Crippen LogP contribution in [0.25, 0.3) is 4.96 Å². The van der Waals surface area contributed by atoms with Gasteiger partial charge in [-0.1, -0.05) is 24.6 Å². The molecule has 1 saturated carbocycles. The minimum Gasteiger partial charge on any atom is -0.360 e. The van der Waals surface area contributed by atoms with E-state index < -0.39 is 0 Å². The first kappa shape index (κ1) is 13.3. The highest BCUT2D eigenvalue weighted by Gasteiger charge is 2.30. The molecule has 1 aliphatic heterocycles. The van der Waals surface area contributed by atoms with Gasteiger partial charge in [-0.05, 0) is 12.8 Å². The van der Waals surface area contributed by atoms with Crippen LogP contribution in [0.15, 0.2) is 27.4 Å². The number of nitrogens with one attached hydrogen (secondary N) is 1. The highest BCUT2D eigenvalue weighted by Crippen LogP contribution is 2.27. The van der Waals surface area contributed by atoms with E-state index >= 15 is 0 Å². The number of amidine groups is 1. The molecule has 0 spiro atoms. The van der Waals surface area contributed by atoms with Crippen molar-refractivity contribution in [3.8, 4) is 0 Å². The van der Waals surface area contributed by atoms with Gasteiger partial charge in [-0.2, -0.15) is 0 Å². The van der Waals surface area contributed by atoms with Gasteiger partial charge in [-0.3, -0.25) is 14.2 Å². The molecule has 0 saturated heterocycles. The molecule has 2 atom stereocenters. The molecule has 2 aromatic rings. The van der Waals surface area contributed by atoms with E-state index in [1.165, 1.54) is 37.0 Å². The third-order valence-electron chi connectivity index (χ3n) is 4.03. The molecule has 0 aromatic carbocycles. The predicted octanol–water partition coefficient (Wildman–Crippen LogP) is 2.26. The lowest BCUT2D eigenvalue weighted by Gasteiger charge is -2.23. The smallest absolute Gasteiger partial charge is 0.258 e. The Morgan fingerprint density at radius 1 is 1.43 bits per heavy atom. The Kier molecular flexibility index (Phi) is 3.46. The van der Waals surface area contributed by atoms with Gasteiger partial charge in [0.05, 0.1) is 17.8 Å². The fourth-order valence-electron chi connectivity index (χ4n) is 2.96. The Balaban J connectivity index is 1.47. The van der Waals surface area contributed by atoms with Crippen molar-refractivity contribution in [1.82, 2.24) is 14.7 Å². The number of aromatic nitrogens is 2. The topological polar surface area (TPSA) is 58.8 Å². The van der Waals surface area contributed by atoms with Gasteiger partial charge in [-0.25, -0.2) is 4.98 Å². The number of fused-ring (bicyclic) bond motifs is 2. The summed E-state index contributed by atoms with van der Waals surface area (Å²) in [5, 5.41) is 6.41. The van der Waals surface area contributed by atoms with Crippen LogP contribution in [0.3, 0.4) is 0 Å². The molecular weight excluding hydrogens is 304 g/mol. The monoisotopic (exact) mass is 320 g/mol. The molecule has 3 heterocycles. The molecule has 5 nitrogen and oxygen atoms in total. The van der Waals surface area contributed by atoms with Crippen molar-refractivity contribution in [1.29, 1.82) is 0 Å². The first-order valence-electron chi connectivity index (χ1n) is 7.22. The summed E-state index contributed by atoms with van der Waals surface area (Å²) in [6, 6.07) is 2.61. The molecule has 1 aliphatic carbocycles. The average molecular weight is 320 g/mol. The van der Waals surface area contributed by atoms with Crippen LogP contribution < -0.4 is 10.9 Å². The minimum absolute atomic E-state index is 0.00756. The summed E-state index contributed by atoms with van der Waals surface area (Å²) in [5.41, 5.74) is 0.818. The lowest BCUT2D eigenvalue weighted by Crippen LogP contribution is -2.36. The van der Waals surface area contributed by atoms with Crippen molar-refractivity contribution in [2.24, 2.45) is 4.99 Å². The maximum Gasteiger partial charge on any atom is 0.258 e. The zero-order valence-electron chi connectivity index (χ0n) is 11.5. The summed E-state index contributed by atoms with van der Waals surface area (Å²) >= 11 is 3.14. The van der Waals surface area contributed by atoms with Gasteiger partial charge in [0, 0.05) is 23.4 Å². The van der Waals surface area contributed by atoms with Crippen LogP contribution in [0.5, 0.6) is 0 Å². The maximum absolute atomic E-state index is 11.9. The van der Waals surface area contributed by atoms with Gasteiger partial charge in [0.15, 0.2) is 10.1 Å². The Hall–Kier alpha value is -1.34. The van der Waals surface area contributed by atoms with E-state index in [0.717, 1.165) is 15.8 Å². The fourth-order valence-corrected chi connectivity index (χ4v) is 4.58. The van der Waals surface area contributed by atoms with Crippen molar-refractivity contribution in [3.63, 3.8) is 0 Å². The molecule has 4 rings (SSSR count). The van der Waals surface area contributed by atoms with Crippen LogP contribution in [-0.2, 0) is 5.75 Å². The molecule has 1 N–H and O–H groups in total. The van der Waals surface area contributed by atoms with Crippen LogP contribution >= 0.6 is 23.1 Å². The van der Waals surface area contributed by atoms with Crippen molar-refractivity contribution in [2.75, 3.05) is 0 Å².